The molecule has 10 heteroatoms. The quantitative estimate of drug-likeness (QED) is 0.175. The van der Waals surface area contributed by atoms with E-state index < -0.39 is 28.5 Å². The van der Waals surface area contributed by atoms with E-state index in [4.69, 9.17) is 23.2 Å². The van der Waals surface area contributed by atoms with Crippen LogP contribution >= 0.6 is 23.2 Å². The maximum absolute atomic E-state index is 14.5. The van der Waals surface area contributed by atoms with Crippen LogP contribution in [0.15, 0.2) is 108 Å². The van der Waals surface area contributed by atoms with Gasteiger partial charge in [0.1, 0.15) is 12.6 Å². The fraction of sp³-hybridized carbons (Fsp3) is 0.235. The summed E-state index contributed by atoms with van der Waals surface area (Å²) in [7, 11) is -4.26. The number of halogens is 2. The first-order valence-corrected chi connectivity index (χ1v) is 16.5. The third kappa shape index (κ3) is 8.20. The van der Waals surface area contributed by atoms with E-state index in [0.29, 0.717) is 18.0 Å². The molecule has 0 aliphatic rings. The summed E-state index contributed by atoms with van der Waals surface area (Å²) in [5.41, 5.74) is 2.73. The predicted molar refractivity (Wildman–Crippen MR) is 176 cm³/mol. The zero-order valence-electron chi connectivity index (χ0n) is 24.6. The molecular weight excluding hydrogens is 617 g/mol. The minimum Gasteiger partial charge on any atom is -0.354 e. The third-order valence-electron chi connectivity index (χ3n) is 7.21. The first-order chi connectivity index (χ1) is 21.1. The van der Waals surface area contributed by atoms with Crippen LogP contribution in [-0.2, 0) is 32.6 Å². The van der Waals surface area contributed by atoms with Crippen molar-refractivity contribution in [2.45, 2.75) is 44.2 Å². The van der Waals surface area contributed by atoms with Crippen molar-refractivity contribution in [3.63, 3.8) is 0 Å². The third-order valence-corrected chi connectivity index (χ3v) is 9.52. The standard InChI is InChI=1S/C34H35Cl2N3O4S/c1-3-20-37-34(41)32(21-26-13-6-4-7-14-26)38(23-27-15-11-10-12-25(27)2)33(40)24-39(31-19-18-28(35)22-30(31)36)44(42,43)29-16-8-5-9-17-29/h4-19,22,32H,3,20-21,23-24H2,1-2H3,(H,37,41)/t32-/m1/s1. The molecular formula is C34H35Cl2N3O4S. The van der Waals surface area contributed by atoms with E-state index in [0.717, 1.165) is 21.0 Å². The molecule has 4 aromatic rings. The van der Waals surface area contributed by atoms with Crippen LogP contribution < -0.4 is 9.62 Å². The fourth-order valence-corrected chi connectivity index (χ4v) is 6.82. The van der Waals surface area contributed by atoms with Gasteiger partial charge in [0.05, 0.1) is 15.6 Å². The number of nitrogens with zero attached hydrogens (tertiary/aromatic N) is 2. The van der Waals surface area contributed by atoms with Crippen molar-refractivity contribution in [3.8, 4) is 0 Å². The molecule has 0 aliphatic carbocycles. The molecule has 1 atom stereocenters. The van der Waals surface area contributed by atoms with Crippen molar-refractivity contribution < 1.29 is 18.0 Å². The Morgan fingerprint density at radius 1 is 0.864 bits per heavy atom. The number of carbonyl (C=O) groups is 2. The molecule has 0 fully saturated rings. The summed E-state index contributed by atoms with van der Waals surface area (Å²) in [5.74, 6) is -0.883. The smallest absolute Gasteiger partial charge is 0.264 e. The van der Waals surface area contributed by atoms with Crippen LogP contribution in [0.3, 0.4) is 0 Å². The Morgan fingerprint density at radius 2 is 1.50 bits per heavy atom. The van der Waals surface area contributed by atoms with Gasteiger partial charge in [-0.25, -0.2) is 8.42 Å². The zero-order chi connectivity index (χ0) is 31.7. The summed E-state index contributed by atoms with van der Waals surface area (Å²) >= 11 is 12.7. The molecule has 0 aliphatic heterocycles. The second kappa shape index (κ2) is 15.2. The first kappa shape index (κ1) is 33.1. The molecule has 44 heavy (non-hydrogen) atoms. The van der Waals surface area contributed by atoms with Crippen molar-refractivity contribution in [2.75, 3.05) is 17.4 Å². The summed E-state index contributed by atoms with van der Waals surface area (Å²) in [4.78, 5) is 29.7. The number of rotatable bonds is 13. The Labute approximate surface area is 269 Å². The average Bonchev–Trinajstić information content (AvgIpc) is 3.02. The van der Waals surface area contributed by atoms with Gasteiger partial charge in [0.25, 0.3) is 10.0 Å². The van der Waals surface area contributed by atoms with Crippen LogP contribution in [0.4, 0.5) is 5.69 Å². The monoisotopic (exact) mass is 651 g/mol. The van der Waals surface area contributed by atoms with Crippen LogP contribution in [0.2, 0.25) is 10.0 Å². The fourth-order valence-electron chi connectivity index (χ4n) is 4.81. The molecule has 0 unspecified atom stereocenters. The summed E-state index contributed by atoms with van der Waals surface area (Å²) < 4.78 is 29.1. The number of nitrogens with one attached hydrogen (secondary N) is 1. The summed E-state index contributed by atoms with van der Waals surface area (Å²) in [5, 5.41) is 3.33. The molecule has 2 amide bonds. The van der Waals surface area contributed by atoms with Crippen molar-refractivity contribution in [1.29, 1.82) is 0 Å². The Bertz CT molecular complexity index is 1690. The minimum absolute atomic E-state index is 0.00852. The van der Waals surface area contributed by atoms with E-state index in [2.05, 4.69) is 5.32 Å². The van der Waals surface area contributed by atoms with E-state index >= 15 is 0 Å². The van der Waals surface area contributed by atoms with Crippen molar-refractivity contribution in [1.82, 2.24) is 10.2 Å². The molecule has 7 nitrogen and oxygen atoms in total. The number of aryl methyl sites for hydroxylation is 1. The van der Waals surface area contributed by atoms with Gasteiger partial charge in [0.2, 0.25) is 11.8 Å². The summed E-state index contributed by atoms with van der Waals surface area (Å²) in [6, 6.07) is 28.4. The molecule has 0 saturated carbocycles. The van der Waals surface area contributed by atoms with E-state index in [-0.39, 0.29) is 34.5 Å². The molecule has 0 radical (unpaired) electrons. The number of sulfonamides is 1. The maximum Gasteiger partial charge on any atom is 0.264 e. The minimum atomic E-state index is -4.26. The lowest BCUT2D eigenvalue weighted by Crippen LogP contribution is -2.53. The lowest BCUT2D eigenvalue weighted by Gasteiger charge is -2.34. The van der Waals surface area contributed by atoms with Crippen LogP contribution in [0.1, 0.15) is 30.0 Å². The highest BCUT2D eigenvalue weighted by Gasteiger charge is 2.35. The Morgan fingerprint density at radius 3 is 2.14 bits per heavy atom. The summed E-state index contributed by atoms with van der Waals surface area (Å²) in [6.07, 6.45) is 0.953. The van der Waals surface area contributed by atoms with Crippen LogP contribution in [0.5, 0.6) is 0 Å². The van der Waals surface area contributed by atoms with E-state index in [1.807, 2.05) is 68.4 Å². The Hall–Kier alpha value is -3.85. The number of amides is 2. The van der Waals surface area contributed by atoms with Gasteiger partial charge in [-0.2, -0.15) is 0 Å². The Balaban J connectivity index is 1.82. The number of benzene rings is 4. The highest BCUT2D eigenvalue weighted by molar-refractivity contribution is 7.92. The average molecular weight is 653 g/mol. The maximum atomic E-state index is 14.5. The first-order valence-electron chi connectivity index (χ1n) is 14.3. The molecule has 4 rings (SSSR count). The highest BCUT2D eigenvalue weighted by atomic mass is 35.5. The van der Waals surface area contributed by atoms with Gasteiger partial charge in [0.15, 0.2) is 0 Å². The predicted octanol–water partition coefficient (Wildman–Crippen LogP) is 6.66. The Kier molecular flexibility index (Phi) is 11.4. The number of anilines is 1. The molecule has 0 spiro atoms. The van der Waals surface area contributed by atoms with Gasteiger partial charge in [-0.15, -0.1) is 0 Å². The van der Waals surface area contributed by atoms with Crippen LogP contribution in [0.25, 0.3) is 0 Å². The lowest BCUT2D eigenvalue weighted by molar-refractivity contribution is -0.140. The van der Waals surface area contributed by atoms with E-state index in [1.54, 1.807) is 18.2 Å². The van der Waals surface area contributed by atoms with E-state index in [9.17, 15) is 18.0 Å². The highest BCUT2D eigenvalue weighted by Crippen LogP contribution is 2.33. The number of hydrogen-bond acceptors (Lipinski definition) is 4. The van der Waals surface area contributed by atoms with Gasteiger partial charge in [-0.1, -0.05) is 103 Å². The topological polar surface area (TPSA) is 86.8 Å². The second-order valence-electron chi connectivity index (χ2n) is 10.4. The zero-order valence-corrected chi connectivity index (χ0v) is 26.9. The van der Waals surface area contributed by atoms with Gasteiger partial charge in [-0.05, 0) is 60.4 Å². The van der Waals surface area contributed by atoms with Crippen molar-refractivity contribution in [2.24, 2.45) is 0 Å². The van der Waals surface area contributed by atoms with Crippen LogP contribution in [-0.4, -0.2) is 44.3 Å². The van der Waals surface area contributed by atoms with Crippen molar-refractivity contribution >= 4 is 50.7 Å². The summed E-state index contributed by atoms with van der Waals surface area (Å²) in [6.45, 7) is 3.81. The lowest BCUT2D eigenvalue weighted by atomic mass is 10.0. The number of carbonyl (C=O) groups excluding carboxylic acids is 2. The van der Waals surface area contributed by atoms with Gasteiger partial charge in [0, 0.05) is 24.5 Å². The molecule has 1 N–H and O–H groups in total. The molecule has 0 aromatic heterocycles. The van der Waals surface area contributed by atoms with Gasteiger partial charge in [-0.3, -0.25) is 13.9 Å². The van der Waals surface area contributed by atoms with E-state index in [1.165, 1.54) is 35.2 Å². The van der Waals surface area contributed by atoms with Gasteiger partial charge < -0.3 is 10.2 Å². The normalized spacial score (nSPS) is 11.9. The van der Waals surface area contributed by atoms with Crippen molar-refractivity contribution in [3.05, 3.63) is 130 Å². The molecule has 230 valence electrons. The SMILES string of the molecule is CCCNC(=O)[C@@H](Cc1ccccc1)N(Cc1ccccc1C)C(=O)CN(c1ccc(Cl)cc1Cl)S(=O)(=O)c1ccccc1. The molecule has 0 bridgehead atoms. The molecule has 0 saturated heterocycles. The second-order valence-corrected chi connectivity index (χ2v) is 13.1. The molecule has 0 heterocycles. The molecule has 4 aromatic carbocycles. The largest absolute Gasteiger partial charge is 0.354 e. The number of hydrogen-bond donors (Lipinski definition) is 1. The van der Waals surface area contributed by atoms with Crippen LogP contribution in [0, 0.1) is 6.92 Å². The van der Waals surface area contributed by atoms with Gasteiger partial charge >= 0.3 is 0 Å².